The van der Waals surface area contributed by atoms with Crippen LogP contribution in [0, 0.1) is 11.8 Å². The highest BCUT2D eigenvalue weighted by molar-refractivity contribution is 7.66. The number of alkyl halides is 1. The van der Waals surface area contributed by atoms with Crippen LogP contribution >= 0.6 is 23.5 Å². The first-order valence-electron chi connectivity index (χ1n) is 9.07. The van der Waals surface area contributed by atoms with Gasteiger partial charge in [-0.2, -0.15) is 8.62 Å². The quantitative estimate of drug-likeness (QED) is 0.136. The molecule has 0 saturated carbocycles. The van der Waals surface area contributed by atoms with Gasteiger partial charge in [-0.25, -0.2) is 22.9 Å². The van der Waals surface area contributed by atoms with E-state index < -0.39 is 71.9 Å². The predicted molar refractivity (Wildman–Crippen MR) is 102 cm³/mol. The third-order valence-corrected chi connectivity index (χ3v) is 7.30. The summed E-state index contributed by atoms with van der Waals surface area (Å²) in [7, 11) is -17.8. The van der Waals surface area contributed by atoms with Crippen LogP contribution in [0.1, 0.15) is 8.97 Å². The van der Waals surface area contributed by atoms with Gasteiger partial charge in [0, 0.05) is 12.3 Å². The summed E-state index contributed by atoms with van der Waals surface area (Å²) >= 11 is 0. The summed E-state index contributed by atoms with van der Waals surface area (Å²) in [5.74, 6) is 3.87. The molecule has 3 unspecified atom stereocenters. The number of rotatable bonds is 8. The molecule has 0 aliphatic carbocycles. The largest absolute Gasteiger partial charge is 0.490 e. The van der Waals surface area contributed by atoms with Gasteiger partial charge in [0.15, 0.2) is 11.8 Å². The van der Waals surface area contributed by atoms with Gasteiger partial charge in [0.2, 0.25) is 0 Å². The van der Waals surface area contributed by atoms with Crippen molar-refractivity contribution in [2.24, 2.45) is 5.73 Å². The summed E-state index contributed by atoms with van der Waals surface area (Å²) in [6, 6.07) is 0.800. The molecule has 33 heavy (non-hydrogen) atoms. The van der Waals surface area contributed by atoms with E-state index in [2.05, 4.69) is 13.1 Å². The molecular weight excluding hydrogens is 522 g/mol. The molecule has 1 saturated heterocycles. The molecule has 0 radical (unpaired) electrons. The van der Waals surface area contributed by atoms with Crippen LogP contribution < -0.4 is 17.0 Å². The normalized spacial score (nSPS) is 30.3. The van der Waals surface area contributed by atoms with Crippen LogP contribution in [0.3, 0.4) is 0 Å². The molecular formula is C12H17FN3O14P3. The number of hydrogen-bond donors (Lipinski definition) is 7. The Morgan fingerprint density at radius 1 is 1.27 bits per heavy atom. The number of nitrogens with one attached hydrogen (secondary N) is 1. The minimum Gasteiger partial charge on any atom is -0.387 e. The molecule has 1 aromatic heterocycles. The molecule has 0 amide bonds. The van der Waals surface area contributed by atoms with Crippen LogP contribution in [0.2, 0.25) is 0 Å². The zero-order valence-electron chi connectivity index (χ0n) is 17.7. The monoisotopic (exact) mass is 541 g/mol. The van der Waals surface area contributed by atoms with Gasteiger partial charge in [-0.1, -0.05) is 11.8 Å². The molecule has 0 spiro atoms. The Balaban J connectivity index is 2.43. The van der Waals surface area contributed by atoms with Crippen molar-refractivity contribution in [1.29, 1.82) is 0 Å². The Labute approximate surface area is 185 Å². The summed E-state index contributed by atoms with van der Waals surface area (Å²) in [6.07, 6.45) is -5.98. The van der Waals surface area contributed by atoms with Gasteiger partial charge in [-0.05, 0) is 0 Å². The number of H-pyrrole nitrogens is 1. The molecule has 21 heteroatoms. The molecule has 0 bridgehead atoms. The van der Waals surface area contributed by atoms with Crippen LogP contribution in [-0.4, -0.2) is 65.2 Å². The van der Waals surface area contributed by atoms with Gasteiger partial charge >= 0.3 is 29.2 Å². The fourth-order valence-electron chi connectivity index (χ4n) is 2.46. The molecule has 1 fully saturated rings. The minimum atomic E-state index is -6.07. The number of nitrogens with zero attached hydrogens (tertiary/aromatic N) is 1. The maximum Gasteiger partial charge on any atom is 0.490 e. The third-order valence-electron chi connectivity index (χ3n) is 3.64. The lowest BCUT2D eigenvalue weighted by Gasteiger charge is -2.27. The highest BCUT2D eigenvalue weighted by Crippen LogP contribution is 2.66. The summed E-state index contributed by atoms with van der Waals surface area (Å²) in [5.41, 5.74) is 1.38. The van der Waals surface area contributed by atoms with Crippen LogP contribution in [0.4, 0.5) is 4.39 Å². The van der Waals surface area contributed by atoms with Crippen LogP contribution in [0.15, 0.2) is 21.9 Å². The van der Waals surface area contributed by atoms with Gasteiger partial charge in [-0.3, -0.25) is 18.9 Å². The Bertz CT molecular complexity index is 1290. The van der Waals surface area contributed by atoms with E-state index in [-0.39, 0.29) is 0 Å². The minimum absolute atomic E-state index is 0.526. The fraction of sp³-hybridized carbons (Fsp3) is 0.500. The number of aromatic amines is 1. The van der Waals surface area contributed by atoms with Crippen molar-refractivity contribution in [1.82, 2.24) is 9.55 Å². The van der Waals surface area contributed by atoms with E-state index in [9.17, 15) is 42.6 Å². The molecule has 186 valence electrons. The lowest BCUT2D eigenvalue weighted by Crippen LogP contribution is -2.55. The maximum absolute atomic E-state index is 12.7. The second-order valence-electron chi connectivity index (χ2n) is 6.04. The average Bonchev–Trinajstić information content (AvgIpc) is 2.88. The second-order valence-corrected chi connectivity index (χ2v) is 10.4. The lowest BCUT2D eigenvalue weighted by molar-refractivity contribution is -0.0468. The van der Waals surface area contributed by atoms with E-state index in [1.807, 2.05) is 11.8 Å². The molecule has 1 aliphatic rings. The molecule has 2 heterocycles. The number of phosphoric acid groups is 3. The summed E-state index contributed by atoms with van der Waals surface area (Å²) < 4.78 is 79.3. The number of aliphatic hydroxyl groups excluding tert-OH is 1. The van der Waals surface area contributed by atoms with Crippen LogP contribution in [0.25, 0.3) is 0 Å². The topological polar surface area (TPSA) is 270 Å². The summed E-state index contributed by atoms with van der Waals surface area (Å²) in [5, 5.41) is 10.6. The maximum atomic E-state index is 12.7. The Morgan fingerprint density at radius 3 is 2.45 bits per heavy atom. The standard InChI is InChI=1S/C12H17FN3O14P3/c13-4-1-3-12(14)9(18)7(28-10(12)16-5-2-8(17)15-11(16)19)6-27-32(23,24)30-33(25,26)29-31(20,21)22/h2,5,7,9-10,18H,4,6,14H2,(H,23,24)(H,25,26)(H,15,17,19)(H2,20,21,22)/t7-,9+,10-,12?/m1/s1/i6D2. The van der Waals surface area contributed by atoms with Crippen molar-refractivity contribution < 1.29 is 63.4 Å². The second kappa shape index (κ2) is 9.98. The number of hydrogen-bond acceptors (Lipinski definition) is 11. The third kappa shape index (κ3) is 7.22. The number of aliphatic hydroxyl groups is 1. The van der Waals surface area contributed by atoms with Gasteiger partial charge in [0.25, 0.3) is 5.56 Å². The molecule has 0 aromatic carbocycles. The number of ether oxygens (including phenoxy) is 1. The van der Waals surface area contributed by atoms with Crippen molar-refractivity contribution in [2.75, 3.05) is 13.2 Å². The number of aromatic nitrogens is 2. The van der Waals surface area contributed by atoms with E-state index >= 15 is 0 Å². The van der Waals surface area contributed by atoms with Gasteiger partial charge in [-0.15, -0.1) is 0 Å². The Kier molecular flexibility index (Phi) is 7.44. The van der Waals surface area contributed by atoms with Crippen molar-refractivity contribution >= 4 is 23.5 Å². The fourth-order valence-corrected chi connectivity index (χ4v) is 5.34. The molecule has 1 aliphatic heterocycles. The van der Waals surface area contributed by atoms with Crippen molar-refractivity contribution in [3.05, 3.63) is 33.1 Å². The first-order chi connectivity index (χ1) is 15.7. The van der Waals surface area contributed by atoms with E-state index in [1.165, 1.54) is 0 Å². The Hall–Kier alpha value is -1.54. The van der Waals surface area contributed by atoms with Gasteiger partial charge in [0.05, 0.1) is 9.30 Å². The SMILES string of the molecule is [2H]C([2H])(OP(=O)(O)OP(=O)(O)OP(=O)(O)O)[C@H]1O[C@@H](n2ccc(=O)[nH]c2=O)C(N)(C#CCF)[C@H]1O. The average molecular weight is 541 g/mol. The number of nitrogens with two attached hydrogens (primary N) is 1. The number of phosphoric ester groups is 1. The van der Waals surface area contributed by atoms with E-state index in [0.717, 1.165) is 12.3 Å². The van der Waals surface area contributed by atoms with E-state index in [1.54, 1.807) is 4.98 Å². The van der Waals surface area contributed by atoms with Crippen LogP contribution in [0.5, 0.6) is 0 Å². The molecule has 8 N–H and O–H groups in total. The van der Waals surface area contributed by atoms with E-state index in [4.69, 9.17) is 23.0 Å². The van der Waals surface area contributed by atoms with E-state index in [0.29, 0.717) is 4.57 Å². The highest BCUT2D eigenvalue weighted by Gasteiger charge is 2.55. The summed E-state index contributed by atoms with van der Waals surface area (Å²) in [4.78, 5) is 61.1. The Morgan fingerprint density at radius 2 is 1.91 bits per heavy atom. The van der Waals surface area contributed by atoms with Gasteiger partial charge < -0.3 is 35.2 Å². The summed E-state index contributed by atoms with van der Waals surface area (Å²) in [6.45, 7) is -5.01. The number of halogens is 1. The smallest absolute Gasteiger partial charge is 0.387 e. The highest BCUT2D eigenvalue weighted by atomic mass is 31.3. The first-order valence-corrected chi connectivity index (χ1v) is 12.6. The molecule has 6 atom stereocenters. The first kappa shape index (κ1) is 24.6. The lowest BCUT2D eigenvalue weighted by atomic mass is 9.91. The zero-order valence-corrected chi connectivity index (χ0v) is 18.4. The van der Waals surface area contributed by atoms with Gasteiger partial charge in [0.1, 0.15) is 18.9 Å². The molecule has 17 nitrogen and oxygen atoms in total. The van der Waals surface area contributed by atoms with Crippen molar-refractivity contribution in [3.63, 3.8) is 0 Å². The predicted octanol–water partition coefficient (Wildman–Crippen LogP) is -2.19. The van der Waals surface area contributed by atoms with Crippen molar-refractivity contribution in [3.8, 4) is 11.8 Å². The molecule has 2 rings (SSSR count). The molecule has 1 aromatic rings. The zero-order chi connectivity index (χ0) is 27.0. The van der Waals surface area contributed by atoms with Crippen LogP contribution in [-0.2, 0) is 31.6 Å². The van der Waals surface area contributed by atoms with Crippen molar-refractivity contribution in [2.45, 2.75) is 24.0 Å².